The van der Waals surface area contributed by atoms with Gasteiger partial charge in [0.15, 0.2) is 0 Å². The van der Waals surface area contributed by atoms with Gasteiger partial charge in [-0.3, -0.25) is 9.69 Å². The average Bonchev–Trinajstić information content (AvgIpc) is 2.76. The molecule has 20 heavy (non-hydrogen) atoms. The molecule has 1 unspecified atom stereocenters. The van der Waals surface area contributed by atoms with Crippen molar-refractivity contribution >= 4 is 39.0 Å². The van der Waals surface area contributed by atoms with Crippen LogP contribution in [0.2, 0.25) is 5.02 Å². The zero-order valence-electron chi connectivity index (χ0n) is 10.8. The lowest BCUT2D eigenvalue weighted by Gasteiger charge is -2.33. The van der Waals surface area contributed by atoms with Gasteiger partial charge in [-0.05, 0) is 6.07 Å². The first kappa shape index (κ1) is 13.8. The number of carbonyl (C=O) groups is 1. The van der Waals surface area contributed by atoms with Crippen LogP contribution in [0.25, 0.3) is 10.1 Å². The highest BCUT2D eigenvalue weighted by atomic mass is 35.5. The predicted octanol–water partition coefficient (Wildman–Crippen LogP) is 2.41. The van der Waals surface area contributed by atoms with Crippen molar-refractivity contribution < 1.29 is 9.90 Å². The fourth-order valence-electron chi connectivity index (χ4n) is 2.53. The number of hydrogen-bond acceptors (Lipinski definition) is 4. The molecule has 0 spiro atoms. The van der Waals surface area contributed by atoms with Crippen LogP contribution in [0.15, 0.2) is 24.3 Å². The number of hydrogen-bond donors (Lipinski definition) is 2. The van der Waals surface area contributed by atoms with E-state index in [1.54, 1.807) is 11.3 Å². The second kappa shape index (κ2) is 5.69. The fourth-order valence-corrected chi connectivity index (χ4v) is 4.05. The van der Waals surface area contributed by atoms with Crippen LogP contribution in [0.5, 0.6) is 0 Å². The third kappa shape index (κ3) is 2.54. The number of benzene rings is 1. The van der Waals surface area contributed by atoms with Crippen LogP contribution in [0.3, 0.4) is 0 Å². The lowest BCUT2D eigenvalue weighted by atomic mass is 10.2. The Hall–Kier alpha value is -1.14. The van der Waals surface area contributed by atoms with Gasteiger partial charge < -0.3 is 10.4 Å². The van der Waals surface area contributed by atoms with E-state index in [0.29, 0.717) is 13.1 Å². The third-order valence-electron chi connectivity index (χ3n) is 3.59. The topological polar surface area (TPSA) is 52.6 Å². The van der Waals surface area contributed by atoms with Crippen LogP contribution < -0.4 is 5.32 Å². The number of aliphatic carboxylic acids is 1. The fraction of sp³-hybridized carbons (Fsp3) is 0.357. The summed E-state index contributed by atoms with van der Waals surface area (Å²) in [4.78, 5) is 14.3. The first-order valence-electron chi connectivity index (χ1n) is 6.50. The van der Waals surface area contributed by atoms with E-state index in [2.05, 4.69) is 5.32 Å². The second-order valence-electron chi connectivity index (χ2n) is 4.86. The van der Waals surface area contributed by atoms with Gasteiger partial charge in [0.2, 0.25) is 0 Å². The maximum Gasteiger partial charge on any atom is 0.322 e. The van der Waals surface area contributed by atoms with Crippen LogP contribution >= 0.6 is 22.9 Å². The molecule has 1 aromatic heterocycles. The highest BCUT2D eigenvalue weighted by molar-refractivity contribution is 7.19. The molecule has 4 nitrogen and oxygen atoms in total. The Kier molecular flexibility index (Phi) is 3.94. The zero-order chi connectivity index (χ0) is 14.1. The van der Waals surface area contributed by atoms with E-state index >= 15 is 0 Å². The van der Waals surface area contributed by atoms with Crippen molar-refractivity contribution in [2.24, 2.45) is 0 Å². The smallest absolute Gasteiger partial charge is 0.322 e. The number of nitrogens with zero attached hydrogens (tertiary/aromatic N) is 1. The van der Waals surface area contributed by atoms with Gasteiger partial charge >= 0.3 is 5.97 Å². The first-order valence-corrected chi connectivity index (χ1v) is 7.70. The quantitative estimate of drug-likeness (QED) is 0.914. The molecule has 6 heteroatoms. The SMILES string of the molecule is O=C(O)C1CNCCN1Cc1sc2ccccc2c1Cl. The number of halogens is 1. The monoisotopic (exact) mass is 310 g/mol. The van der Waals surface area contributed by atoms with Crippen molar-refractivity contribution in [1.82, 2.24) is 10.2 Å². The average molecular weight is 311 g/mol. The van der Waals surface area contributed by atoms with Gasteiger partial charge in [0.1, 0.15) is 6.04 Å². The highest BCUT2D eigenvalue weighted by Crippen LogP contribution is 2.36. The number of thiophene rings is 1. The van der Waals surface area contributed by atoms with E-state index in [1.165, 1.54) is 0 Å². The summed E-state index contributed by atoms with van der Waals surface area (Å²) < 4.78 is 1.15. The molecular formula is C14H15ClN2O2S. The Balaban J connectivity index is 1.88. The summed E-state index contributed by atoms with van der Waals surface area (Å²) in [6.45, 7) is 2.61. The molecule has 1 fully saturated rings. The molecule has 2 heterocycles. The van der Waals surface area contributed by atoms with Crippen molar-refractivity contribution in [2.75, 3.05) is 19.6 Å². The molecule has 0 aliphatic carbocycles. The van der Waals surface area contributed by atoms with E-state index in [0.717, 1.165) is 33.1 Å². The molecule has 1 aliphatic heterocycles. The van der Waals surface area contributed by atoms with Crippen LogP contribution in [-0.2, 0) is 11.3 Å². The van der Waals surface area contributed by atoms with E-state index in [1.807, 2.05) is 29.2 Å². The molecule has 1 aliphatic rings. The summed E-state index contributed by atoms with van der Waals surface area (Å²) in [6, 6.07) is 7.52. The number of piperazine rings is 1. The van der Waals surface area contributed by atoms with E-state index < -0.39 is 12.0 Å². The number of nitrogens with one attached hydrogen (secondary N) is 1. The van der Waals surface area contributed by atoms with Crippen LogP contribution in [0, 0.1) is 0 Å². The normalized spacial score (nSPS) is 20.4. The summed E-state index contributed by atoms with van der Waals surface area (Å²) in [5.74, 6) is -0.783. The number of carboxylic acids is 1. The van der Waals surface area contributed by atoms with E-state index in [4.69, 9.17) is 11.6 Å². The minimum absolute atomic E-state index is 0.481. The molecule has 0 amide bonds. The van der Waals surface area contributed by atoms with Crippen LogP contribution in [0.4, 0.5) is 0 Å². The second-order valence-corrected chi connectivity index (χ2v) is 6.38. The molecule has 3 rings (SSSR count). The number of carboxylic acid groups (broad SMARTS) is 1. The van der Waals surface area contributed by atoms with Gasteiger partial charge in [0.05, 0.1) is 5.02 Å². The molecule has 0 saturated carbocycles. The summed E-state index contributed by atoms with van der Waals surface area (Å²) in [7, 11) is 0. The summed E-state index contributed by atoms with van der Waals surface area (Å²) in [6.07, 6.45) is 0. The van der Waals surface area contributed by atoms with E-state index in [9.17, 15) is 9.90 Å². The molecule has 1 atom stereocenters. The minimum atomic E-state index is -0.783. The van der Waals surface area contributed by atoms with E-state index in [-0.39, 0.29) is 0 Å². The predicted molar refractivity (Wildman–Crippen MR) is 81.5 cm³/mol. The van der Waals surface area contributed by atoms with Gasteiger partial charge in [0, 0.05) is 41.1 Å². The Morgan fingerprint density at radius 2 is 2.30 bits per heavy atom. The largest absolute Gasteiger partial charge is 0.480 e. The van der Waals surface area contributed by atoms with Crippen molar-refractivity contribution in [1.29, 1.82) is 0 Å². The molecule has 2 aromatic rings. The zero-order valence-corrected chi connectivity index (χ0v) is 12.4. The number of fused-ring (bicyclic) bond motifs is 1. The first-order chi connectivity index (χ1) is 9.66. The van der Waals surface area contributed by atoms with Gasteiger partial charge in [-0.15, -0.1) is 11.3 Å². The molecule has 106 valence electrons. The maximum atomic E-state index is 11.3. The van der Waals surface area contributed by atoms with Crippen molar-refractivity contribution in [2.45, 2.75) is 12.6 Å². The molecule has 0 radical (unpaired) electrons. The summed E-state index contributed by atoms with van der Waals surface area (Å²) in [5, 5.41) is 14.2. The van der Waals surface area contributed by atoms with Gasteiger partial charge in [0.25, 0.3) is 0 Å². The molecule has 0 bridgehead atoms. The molecular weight excluding hydrogens is 296 g/mol. The molecule has 1 saturated heterocycles. The van der Waals surface area contributed by atoms with Gasteiger partial charge in [-0.25, -0.2) is 0 Å². The van der Waals surface area contributed by atoms with Crippen molar-refractivity contribution in [3.63, 3.8) is 0 Å². The Labute approximate surface area is 126 Å². The Morgan fingerprint density at radius 3 is 3.05 bits per heavy atom. The van der Waals surface area contributed by atoms with Gasteiger partial charge in [-0.2, -0.15) is 0 Å². The Bertz CT molecular complexity index is 643. The minimum Gasteiger partial charge on any atom is -0.480 e. The lowest BCUT2D eigenvalue weighted by Crippen LogP contribution is -2.54. The van der Waals surface area contributed by atoms with Crippen LogP contribution in [-0.4, -0.2) is 41.7 Å². The maximum absolute atomic E-state index is 11.3. The van der Waals surface area contributed by atoms with Gasteiger partial charge in [-0.1, -0.05) is 29.8 Å². The standard InChI is InChI=1S/C14H15ClN2O2S/c15-13-9-3-1-2-4-11(9)20-12(13)8-17-6-5-16-7-10(17)14(18)19/h1-4,10,16H,5-8H2,(H,18,19). The summed E-state index contributed by atoms with van der Waals surface area (Å²) >= 11 is 8.07. The Morgan fingerprint density at radius 1 is 1.50 bits per heavy atom. The lowest BCUT2D eigenvalue weighted by molar-refractivity contribution is -0.144. The third-order valence-corrected chi connectivity index (χ3v) is 5.29. The highest BCUT2D eigenvalue weighted by Gasteiger charge is 2.29. The van der Waals surface area contributed by atoms with Crippen LogP contribution in [0.1, 0.15) is 4.88 Å². The molecule has 1 aromatic carbocycles. The summed E-state index contributed by atoms with van der Waals surface area (Å²) in [5.41, 5.74) is 0. The van der Waals surface area contributed by atoms with Crippen molar-refractivity contribution in [3.05, 3.63) is 34.2 Å². The van der Waals surface area contributed by atoms with Crippen molar-refractivity contribution in [3.8, 4) is 0 Å². The molecule has 2 N–H and O–H groups in total. The number of rotatable bonds is 3.